The molecule has 1 N–H and O–H groups in total. The van der Waals surface area contributed by atoms with Crippen molar-refractivity contribution >= 4 is 28.1 Å². The van der Waals surface area contributed by atoms with E-state index in [4.69, 9.17) is 4.74 Å². The Morgan fingerprint density at radius 3 is 2.75 bits per heavy atom. The second kappa shape index (κ2) is 6.81. The third kappa shape index (κ3) is 3.64. The molecule has 1 aromatic heterocycles. The number of hydrogen-bond donors (Lipinski definition) is 1. The molecule has 0 aliphatic heterocycles. The van der Waals surface area contributed by atoms with Gasteiger partial charge in [0.15, 0.2) is 0 Å². The minimum absolute atomic E-state index is 0.293. The predicted molar refractivity (Wildman–Crippen MR) is 80.0 cm³/mol. The van der Waals surface area contributed by atoms with E-state index in [2.05, 4.69) is 31.4 Å². The minimum atomic E-state index is -0.293. The van der Waals surface area contributed by atoms with Gasteiger partial charge in [0.1, 0.15) is 5.75 Å². The summed E-state index contributed by atoms with van der Waals surface area (Å²) < 4.78 is 5.82. The number of methoxy groups -OCH3 is 1. The van der Waals surface area contributed by atoms with Gasteiger partial charge in [0, 0.05) is 18.0 Å². The fourth-order valence-electron chi connectivity index (χ4n) is 1.49. The van der Waals surface area contributed by atoms with Gasteiger partial charge in [-0.1, -0.05) is 0 Å². The Balaban J connectivity index is 2.02. The third-order valence-electron chi connectivity index (χ3n) is 2.50. The molecule has 20 heavy (non-hydrogen) atoms. The Labute approximate surface area is 124 Å². The lowest BCUT2D eigenvalue weighted by molar-refractivity contribution is 0.0955. The summed E-state index contributed by atoms with van der Waals surface area (Å²) in [6, 6.07) is 8.64. The molecule has 0 unspecified atom stereocenters. The van der Waals surface area contributed by atoms with Crippen LogP contribution in [0.2, 0.25) is 0 Å². The highest BCUT2D eigenvalue weighted by molar-refractivity contribution is 9.10. The molecule has 0 aliphatic carbocycles. The summed E-state index contributed by atoms with van der Waals surface area (Å²) in [7, 11) is 1.57. The lowest BCUT2D eigenvalue weighted by Gasteiger charge is -2.05. The molecule has 102 valence electrons. The van der Waals surface area contributed by atoms with Crippen molar-refractivity contribution in [2.24, 2.45) is 5.10 Å². The molecule has 0 fully saturated rings. The van der Waals surface area contributed by atoms with E-state index >= 15 is 0 Å². The lowest BCUT2D eigenvalue weighted by atomic mass is 10.2. The number of hydrazone groups is 1. The number of carbonyl (C=O) groups is 1. The number of rotatable bonds is 4. The molecule has 2 rings (SSSR count). The van der Waals surface area contributed by atoms with Crippen molar-refractivity contribution in [2.45, 2.75) is 0 Å². The van der Waals surface area contributed by atoms with Gasteiger partial charge in [0.2, 0.25) is 0 Å². The number of hydrogen-bond acceptors (Lipinski definition) is 4. The Kier molecular flexibility index (Phi) is 4.84. The summed E-state index contributed by atoms with van der Waals surface area (Å²) in [4.78, 5) is 15.8. The first-order valence-corrected chi connectivity index (χ1v) is 6.57. The van der Waals surface area contributed by atoms with Crippen molar-refractivity contribution < 1.29 is 9.53 Å². The van der Waals surface area contributed by atoms with Crippen LogP contribution in [0.15, 0.2) is 52.3 Å². The molecule has 0 spiro atoms. The summed E-state index contributed by atoms with van der Waals surface area (Å²) in [5.41, 5.74) is 3.81. The first kappa shape index (κ1) is 14.2. The quantitative estimate of drug-likeness (QED) is 0.691. The van der Waals surface area contributed by atoms with Gasteiger partial charge in [0.25, 0.3) is 5.91 Å². The second-order valence-electron chi connectivity index (χ2n) is 3.83. The Morgan fingerprint density at radius 1 is 1.35 bits per heavy atom. The number of amides is 1. The molecule has 0 saturated carbocycles. The fourth-order valence-corrected chi connectivity index (χ4v) is 2.03. The zero-order chi connectivity index (χ0) is 14.4. The predicted octanol–water partition coefficient (Wildman–Crippen LogP) is 2.62. The number of benzene rings is 1. The molecule has 1 aromatic carbocycles. The zero-order valence-corrected chi connectivity index (χ0v) is 12.3. The van der Waals surface area contributed by atoms with Gasteiger partial charge < -0.3 is 4.74 Å². The van der Waals surface area contributed by atoms with E-state index in [1.54, 1.807) is 56.0 Å². The van der Waals surface area contributed by atoms with E-state index in [1.165, 1.54) is 0 Å². The molecule has 2 aromatic rings. The number of halogens is 1. The van der Waals surface area contributed by atoms with Crippen LogP contribution in [0.3, 0.4) is 0 Å². The number of aromatic nitrogens is 1. The smallest absolute Gasteiger partial charge is 0.271 e. The van der Waals surface area contributed by atoms with Crippen molar-refractivity contribution in [1.82, 2.24) is 10.4 Å². The number of ether oxygens (including phenoxy) is 1. The van der Waals surface area contributed by atoms with Crippen LogP contribution >= 0.6 is 15.9 Å². The number of nitrogens with one attached hydrogen (secondary N) is 1. The van der Waals surface area contributed by atoms with Gasteiger partial charge in [-0.05, 0) is 51.8 Å². The van der Waals surface area contributed by atoms with Gasteiger partial charge in [-0.2, -0.15) is 5.10 Å². The monoisotopic (exact) mass is 333 g/mol. The fraction of sp³-hybridized carbons (Fsp3) is 0.0714. The van der Waals surface area contributed by atoms with E-state index in [9.17, 15) is 4.79 Å². The SMILES string of the molecule is COc1ccc(C(=O)NN=Cc2ccncc2)cc1Br. The number of nitrogens with zero attached hydrogens (tertiary/aromatic N) is 2. The maximum atomic E-state index is 11.9. The molecule has 5 nitrogen and oxygen atoms in total. The number of carbonyl (C=O) groups excluding carboxylic acids is 1. The summed E-state index contributed by atoms with van der Waals surface area (Å²) in [5.74, 6) is 0.375. The Morgan fingerprint density at radius 2 is 2.10 bits per heavy atom. The zero-order valence-electron chi connectivity index (χ0n) is 10.7. The van der Waals surface area contributed by atoms with Crippen LogP contribution < -0.4 is 10.2 Å². The lowest BCUT2D eigenvalue weighted by Crippen LogP contribution is -2.17. The largest absolute Gasteiger partial charge is 0.496 e. The topological polar surface area (TPSA) is 63.6 Å². The summed E-state index contributed by atoms with van der Waals surface area (Å²) in [6.45, 7) is 0. The molecule has 1 amide bonds. The second-order valence-corrected chi connectivity index (χ2v) is 4.68. The molecule has 0 saturated heterocycles. The van der Waals surface area contributed by atoms with Gasteiger partial charge in [-0.15, -0.1) is 0 Å². The first-order valence-electron chi connectivity index (χ1n) is 5.77. The van der Waals surface area contributed by atoms with Crippen molar-refractivity contribution in [1.29, 1.82) is 0 Å². The Bertz CT molecular complexity index is 630. The van der Waals surface area contributed by atoms with Gasteiger partial charge in [-0.3, -0.25) is 9.78 Å². The third-order valence-corrected chi connectivity index (χ3v) is 3.12. The highest BCUT2D eigenvalue weighted by Gasteiger charge is 2.07. The molecule has 6 heteroatoms. The maximum Gasteiger partial charge on any atom is 0.271 e. The Hall–Kier alpha value is -2.21. The average Bonchev–Trinajstić information content (AvgIpc) is 2.48. The summed E-state index contributed by atoms with van der Waals surface area (Å²) in [6.07, 6.45) is 4.87. The molecule has 0 atom stereocenters. The van der Waals surface area contributed by atoms with Crippen LogP contribution in [0.4, 0.5) is 0 Å². The van der Waals surface area contributed by atoms with E-state index in [0.717, 1.165) is 5.56 Å². The maximum absolute atomic E-state index is 11.9. The summed E-state index contributed by atoms with van der Waals surface area (Å²) >= 11 is 3.33. The van der Waals surface area contributed by atoms with Crippen molar-refractivity contribution in [3.8, 4) is 5.75 Å². The standard InChI is InChI=1S/C14H12BrN3O2/c1-20-13-3-2-11(8-12(13)15)14(19)18-17-9-10-4-6-16-7-5-10/h2-9H,1H3,(H,18,19). The van der Waals surface area contributed by atoms with Gasteiger partial charge in [0.05, 0.1) is 17.8 Å². The highest BCUT2D eigenvalue weighted by atomic mass is 79.9. The first-order chi connectivity index (χ1) is 9.70. The minimum Gasteiger partial charge on any atom is -0.496 e. The van der Waals surface area contributed by atoms with Crippen LogP contribution in [-0.2, 0) is 0 Å². The normalized spacial score (nSPS) is 10.5. The van der Waals surface area contributed by atoms with Crippen molar-refractivity contribution in [3.05, 3.63) is 58.3 Å². The molecule has 0 bridgehead atoms. The van der Waals surface area contributed by atoms with Gasteiger partial charge in [-0.25, -0.2) is 5.43 Å². The molecular formula is C14H12BrN3O2. The van der Waals surface area contributed by atoms with E-state index in [-0.39, 0.29) is 5.91 Å². The van der Waals surface area contributed by atoms with Crippen molar-refractivity contribution in [2.75, 3.05) is 7.11 Å². The molecule has 0 radical (unpaired) electrons. The molecular weight excluding hydrogens is 322 g/mol. The highest BCUT2D eigenvalue weighted by Crippen LogP contribution is 2.25. The van der Waals surface area contributed by atoms with E-state index in [1.807, 2.05) is 0 Å². The van der Waals surface area contributed by atoms with E-state index < -0.39 is 0 Å². The van der Waals surface area contributed by atoms with Gasteiger partial charge >= 0.3 is 0 Å². The molecule has 1 heterocycles. The van der Waals surface area contributed by atoms with E-state index in [0.29, 0.717) is 15.8 Å². The number of pyridine rings is 1. The van der Waals surface area contributed by atoms with Crippen LogP contribution in [0, 0.1) is 0 Å². The summed E-state index contributed by atoms with van der Waals surface area (Å²) in [5, 5.41) is 3.89. The van der Waals surface area contributed by atoms with Crippen LogP contribution in [0.25, 0.3) is 0 Å². The van der Waals surface area contributed by atoms with Crippen LogP contribution in [0.1, 0.15) is 15.9 Å². The molecule has 0 aliphatic rings. The van der Waals surface area contributed by atoms with Crippen LogP contribution in [0.5, 0.6) is 5.75 Å². The average molecular weight is 334 g/mol. The van der Waals surface area contributed by atoms with Crippen LogP contribution in [-0.4, -0.2) is 24.2 Å². The van der Waals surface area contributed by atoms with Crippen molar-refractivity contribution in [3.63, 3.8) is 0 Å².